The van der Waals surface area contributed by atoms with Gasteiger partial charge in [0.25, 0.3) is 0 Å². The zero-order valence-corrected chi connectivity index (χ0v) is 17.4. The van der Waals surface area contributed by atoms with Crippen molar-refractivity contribution in [3.05, 3.63) is 99.6 Å². The van der Waals surface area contributed by atoms with Gasteiger partial charge in [0.2, 0.25) is 0 Å². The predicted molar refractivity (Wildman–Crippen MR) is 119 cm³/mol. The first-order valence-corrected chi connectivity index (χ1v) is 9.85. The van der Waals surface area contributed by atoms with E-state index in [-0.39, 0.29) is 29.6 Å². The van der Waals surface area contributed by atoms with Crippen LogP contribution in [-0.4, -0.2) is 24.6 Å². The SMILES string of the molecule is COc1ccc(C(=O)OCC[C@@H](Nc2ccc(C)cc2)c2ccccc2)cc1[N+](=O)[O-]. The number of esters is 1. The molecule has 160 valence electrons. The standard InChI is InChI=1S/C24H24N2O5/c1-17-8-11-20(12-9-17)25-21(18-6-4-3-5-7-18)14-15-31-24(27)19-10-13-23(30-2)22(16-19)26(28)29/h3-13,16,21,25H,14-15H2,1-2H3/t21-/m1/s1. The first-order chi connectivity index (χ1) is 15.0. The maximum absolute atomic E-state index is 12.4. The summed E-state index contributed by atoms with van der Waals surface area (Å²) in [6.45, 7) is 2.18. The number of hydrogen-bond donors (Lipinski definition) is 1. The fourth-order valence-electron chi connectivity index (χ4n) is 3.17. The largest absolute Gasteiger partial charge is 0.490 e. The number of anilines is 1. The van der Waals surface area contributed by atoms with Crippen molar-refractivity contribution in [2.45, 2.75) is 19.4 Å². The molecule has 1 atom stereocenters. The minimum Gasteiger partial charge on any atom is -0.490 e. The van der Waals surface area contributed by atoms with E-state index in [0.717, 1.165) is 11.3 Å². The number of carbonyl (C=O) groups is 1. The summed E-state index contributed by atoms with van der Waals surface area (Å²) in [5.74, 6) is -0.527. The number of rotatable bonds is 9. The third kappa shape index (κ3) is 5.82. The average Bonchev–Trinajstić information content (AvgIpc) is 2.79. The second-order valence-corrected chi connectivity index (χ2v) is 7.04. The van der Waals surface area contributed by atoms with E-state index in [1.807, 2.05) is 61.5 Å². The van der Waals surface area contributed by atoms with Crippen molar-refractivity contribution < 1.29 is 19.2 Å². The molecule has 0 saturated heterocycles. The zero-order chi connectivity index (χ0) is 22.2. The highest BCUT2D eigenvalue weighted by Crippen LogP contribution is 2.28. The van der Waals surface area contributed by atoms with E-state index in [4.69, 9.17) is 9.47 Å². The lowest BCUT2D eigenvalue weighted by molar-refractivity contribution is -0.385. The molecular formula is C24H24N2O5. The Hall–Kier alpha value is -3.87. The second-order valence-electron chi connectivity index (χ2n) is 7.04. The molecule has 0 spiro atoms. The average molecular weight is 420 g/mol. The van der Waals surface area contributed by atoms with Crippen LogP contribution in [0.3, 0.4) is 0 Å². The molecule has 0 aliphatic heterocycles. The molecule has 0 fully saturated rings. The number of ether oxygens (including phenoxy) is 2. The summed E-state index contributed by atoms with van der Waals surface area (Å²) in [6, 6.07) is 21.9. The topological polar surface area (TPSA) is 90.7 Å². The van der Waals surface area contributed by atoms with Crippen molar-refractivity contribution in [2.75, 3.05) is 19.0 Å². The Morgan fingerprint density at radius 1 is 1.06 bits per heavy atom. The highest BCUT2D eigenvalue weighted by molar-refractivity contribution is 5.90. The number of nitro benzene ring substituents is 1. The van der Waals surface area contributed by atoms with Crippen LogP contribution >= 0.6 is 0 Å². The van der Waals surface area contributed by atoms with Crippen LogP contribution in [0.25, 0.3) is 0 Å². The van der Waals surface area contributed by atoms with Crippen LogP contribution in [0.5, 0.6) is 5.75 Å². The van der Waals surface area contributed by atoms with Crippen molar-refractivity contribution in [3.63, 3.8) is 0 Å². The number of nitrogens with one attached hydrogen (secondary N) is 1. The normalized spacial score (nSPS) is 11.4. The molecule has 0 radical (unpaired) electrons. The molecule has 3 aromatic carbocycles. The number of hydrogen-bond acceptors (Lipinski definition) is 6. The summed E-state index contributed by atoms with van der Waals surface area (Å²) in [7, 11) is 1.34. The summed E-state index contributed by atoms with van der Waals surface area (Å²) in [6.07, 6.45) is 0.530. The van der Waals surface area contributed by atoms with E-state index in [1.54, 1.807) is 0 Å². The molecule has 0 bridgehead atoms. The van der Waals surface area contributed by atoms with E-state index in [0.29, 0.717) is 6.42 Å². The predicted octanol–water partition coefficient (Wildman–Crippen LogP) is 5.31. The van der Waals surface area contributed by atoms with E-state index >= 15 is 0 Å². The number of methoxy groups -OCH3 is 1. The molecule has 3 rings (SSSR count). The third-order valence-corrected chi connectivity index (χ3v) is 4.85. The molecule has 0 aliphatic carbocycles. The Balaban J connectivity index is 1.67. The molecule has 0 aromatic heterocycles. The summed E-state index contributed by atoms with van der Waals surface area (Å²) in [5.41, 5.74) is 3.04. The van der Waals surface area contributed by atoms with Crippen LogP contribution < -0.4 is 10.1 Å². The molecule has 3 aromatic rings. The molecule has 0 unspecified atom stereocenters. The lowest BCUT2D eigenvalue weighted by Gasteiger charge is -2.20. The minimum atomic E-state index is -0.618. The van der Waals surface area contributed by atoms with Gasteiger partial charge in [-0.15, -0.1) is 0 Å². The molecule has 0 amide bonds. The van der Waals surface area contributed by atoms with Crippen molar-refractivity contribution >= 4 is 17.3 Å². The molecule has 1 N–H and O–H groups in total. The van der Waals surface area contributed by atoms with Gasteiger partial charge in [0.05, 0.1) is 30.2 Å². The Kier molecular flexibility index (Phi) is 7.22. The highest BCUT2D eigenvalue weighted by Gasteiger charge is 2.19. The van der Waals surface area contributed by atoms with Gasteiger partial charge in [-0.3, -0.25) is 10.1 Å². The lowest BCUT2D eigenvalue weighted by atomic mass is 10.0. The third-order valence-electron chi connectivity index (χ3n) is 4.85. The Labute approximate surface area is 180 Å². The van der Waals surface area contributed by atoms with Crippen LogP contribution in [0.2, 0.25) is 0 Å². The highest BCUT2D eigenvalue weighted by atomic mass is 16.6. The van der Waals surface area contributed by atoms with Crippen molar-refractivity contribution in [1.29, 1.82) is 0 Å². The van der Waals surface area contributed by atoms with Crippen LogP contribution in [-0.2, 0) is 4.74 Å². The second kappa shape index (κ2) is 10.2. The zero-order valence-electron chi connectivity index (χ0n) is 17.4. The van der Waals surface area contributed by atoms with Crippen molar-refractivity contribution in [3.8, 4) is 5.75 Å². The number of nitrogens with zero attached hydrogens (tertiary/aromatic N) is 1. The van der Waals surface area contributed by atoms with Crippen LogP contribution in [0.15, 0.2) is 72.8 Å². The lowest BCUT2D eigenvalue weighted by Crippen LogP contribution is -2.15. The van der Waals surface area contributed by atoms with Gasteiger partial charge in [-0.1, -0.05) is 48.0 Å². The summed E-state index contributed by atoms with van der Waals surface area (Å²) in [5, 5.41) is 14.7. The number of benzene rings is 3. The molecule has 31 heavy (non-hydrogen) atoms. The maximum Gasteiger partial charge on any atom is 0.338 e. The summed E-state index contributed by atoms with van der Waals surface area (Å²) >= 11 is 0. The van der Waals surface area contributed by atoms with Crippen molar-refractivity contribution in [1.82, 2.24) is 0 Å². The molecular weight excluding hydrogens is 396 g/mol. The van der Waals surface area contributed by atoms with E-state index in [2.05, 4.69) is 5.32 Å². The maximum atomic E-state index is 12.4. The molecule has 7 heteroatoms. The Morgan fingerprint density at radius 2 is 1.77 bits per heavy atom. The smallest absolute Gasteiger partial charge is 0.338 e. The molecule has 0 heterocycles. The first kappa shape index (κ1) is 21.8. The minimum absolute atomic E-state index is 0.0677. The van der Waals surface area contributed by atoms with Crippen LogP contribution in [0, 0.1) is 17.0 Å². The van der Waals surface area contributed by atoms with Crippen LogP contribution in [0.4, 0.5) is 11.4 Å². The Bertz CT molecular complexity index is 1040. The molecule has 7 nitrogen and oxygen atoms in total. The quantitative estimate of drug-likeness (QED) is 0.286. The van der Waals surface area contributed by atoms with E-state index in [9.17, 15) is 14.9 Å². The summed E-state index contributed by atoms with van der Waals surface area (Å²) < 4.78 is 10.4. The number of carbonyl (C=O) groups excluding carboxylic acids is 1. The van der Waals surface area contributed by atoms with Gasteiger partial charge in [0.15, 0.2) is 5.75 Å². The Morgan fingerprint density at radius 3 is 2.42 bits per heavy atom. The van der Waals surface area contributed by atoms with Gasteiger partial charge in [-0.25, -0.2) is 4.79 Å². The van der Waals surface area contributed by atoms with Crippen molar-refractivity contribution in [2.24, 2.45) is 0 Å². The van der Waals surface area contributed by atoms with E-state index < -0.39 is 10.9 Å². The number of nitro groups is 1. The monoisotopic (exact) mass is 420 g/mol. The fourth-order valence-corrected chi connectivity index (χ4v) is 3.17. The fraction of sp³-hybridized carbons (Fsp3) is 0.208. The molecule has 0 aliphatic rings. The molecule has 0 saturated carbocycles. The van der Waals surface area contributed by atoms with Crippen LogP contribution in [0.1, 0.15) is 33.9 Å². The van der Waals surface area contributed by atoms with Gasteiger partial charge < -0.3 is 14.8 Å². The van der Waals surface area contributed by atoms with Gasteiger partial charge in [0.1, 0.15) is 0 Å². The first-order valence-electron chi connectivity index (χ1n) is 9.85. The number of aryl methyl sites for hydroxylation is 1. The van der Waals surface area contributed by atoms with Gasteiger partial charge in [0, 0.05) is 18.2 Å². The summed E-state index contributed by atoms with van der Waals surface area (Å²) in [4.78, 5) is 23.0. The van der Waals surface area contributed by atoms with Gasteiger partial charge in [-0.05, 0) is 36.8 Å². The van der Waals surface area contributed by atoms with E-state index in [1.165, 1.54) is 30.9 Å². The van der Waals surface area contributed by atoms with Gasteiger partial charge in [-0.2, -0.15) is 0 Å². The van der Waals surface area contributed by atoms with Gasteiger partial charge >= 0.3 is 11.7 Å².